The Balaban J connectivity index is 1.31. The molecule has 1 saturated heterocycles. The number of nitrogens with zero attached hydrogens (tertiary/aromatic N) is 2. The molecule has 3 atom stereocenters. The Morgan fingerprint density at radius 2 is 1.34 bits per heavy atom. The summed E-state index contributed by atoms with van der Waals surface area (Å²) >= 11 is 0. The van der Waals surface area contributed by atoms with Crippen LogP contribution in [0.1, 0.15) is 170 Å². The van der Waals surface area contributed by atoms with Crippen molar-refractivity contribution < 1.29 is 53.4 Å². The van der Waals surface area contributed by atoms with E-state index in [1.165, 1.54) is 64.7 Å². The van der Waals surface area contributed by atoms with Gasteiger partial charge in [-0.15, -0.1) is 0 Å². The first-order valence-corrected chi connectivity index (χ1v) is 26.0. The van der Waals surface area contributed by atoms with E-state index in [1.54, 1.807) is 18.2 Å². The Morgan fingerprint density at radius 1 is 0.732 bits per heavy atom. The van der Waals surface area contributed by atoms with Gasteiger partial charge in [0.2, 0.25) is 17.7 Å². The molecule has 5 amide bonds. The lowest BCUT2D eigenvalue weighted by Crippen LogP contribution is -2.48. The lowest BCUT2D eigenvalue weighted by molar-refractivity contribution is -0.167. The van der Waals surface area contributed by atoms with Crippen LogP contribution < -0.4 is 25.4 Å². The van der Waals surface area contributed by atoms with Gasteiger partial charge in [0, 0.05) is 19.5 Å². The Bertz CT molecular complexity index is 2060. The number of nitrogens with one attached hydrogen (secondary N) is 3. The van der Waals surface area contributed by atoms with E-state index in [-0.39, 0.29) is 62.8 Å². The maximum atomic E-state index is 13.7. The third kappa shape index (κ3) is 22.7. The van der Waals surface area contributed by atoms with Gasteiger partial charge in [-0.1, -0.05) is 151 Å². The van der Waals surface area contributed by atoms with E-state index in [2.05, 4.69) is 22.9 Å². The van der Waals surface area contributed by atoms with Crippen LogP contribution in [0.5, 0.6) is 11.5 Å². The molecule has 0 unspecified atom stereocenters. The first-order chi connectivity index (χ1) is 34.4. The highest BCUT2D eigenvalue weighted by Gasteiger charge is 2.30. The molecule has 16 heteroatoms. The van der Waals surface area contributed by atoms with Crippen LogP contribution in [0.15, 0.2) is 78.9 Å². The van der Waals surface area contributed by atoms with E-state index < -0.39 is 54.3 Å². The van der Waals surface area contributed by atoms with Crippen LogP contribution in [-0.2, 0) is 41.9 Å². The number of hydroxylamine groups is 4. The number of hydrogen-bond donors (Lipinski definition) is 5. The molecule has 1 aliphatic heterocycles. The fourth-order valence-electron chi connectivity index (χ4n) is 8.32. The van der Waals surface area contributed by atoms with E-state index in [9.17, 15) is 39.2 Å². The molecule has 5 N–H and O–H groups in total. The molecule has 0 aromatic heterocycles. The standard InChI is InChI=1S/C55H79N5O11/c1-3-4-5-6-7-8-9-10-11-12-13-14-21-35-51(63)59(67)36-24-23-33-47(55(66)71-42(2)38-49(61)57-46-32-22-25-37-60(68)54(46)65)58-50(62)39-56-53(64)45-31-26-34-48(69-40-43-27-17-15-18-28-43)52(45)70-41-44-29-19-16-20-30-44/h15-20,26-31,34,42,46-47,67-68H,3-14,21-25,32-33,35-41H2,1-2H3,(H,56,64)(H,57,61)(H,58,62)/t42-,46-,47-/m0/s1. The van der Waals surface area contributed by atoms with Crippen LogP contribution in [0, 0.1) is 0 Å². The number of unbranched alkanes of at least 4 members (excludes halogenated alkanes) is 13. The van der Waals surface area contributed by atoms with E-state index in [0.29, 0.717) is 54.4 Å². The minimum Gasteiger partial charge on any atom is -0.485 e. The number of carbonyl (C=O) groups excluding carboxylic acids is 6. The van der Waals surface area contributed by atoms with Crippen LogP contribution in [0.25, 0.3) is 0 Å². The molecule has 0 bridgehead atoms. The topological polar surface area (TPSA) is 213 Å². The van der Waals surface area contributed by atoms with E-state index in [1.807, 2.05) is 60.7 Å². The highest BCUT2D eigenvalue weighted by molar-refractivity contribution is 6.00. The van der Waals surface area contributed by atoms with Crippen molar-refractivity contribution in [2.24, 2.45) is 0 Å². The molecule has 3 aromatic carbocycles. The van der Waals surface area contributed by atoms with Crippen LogP contribution in [0.4, 0.5) is 0 Å². The molecule has 390 valence electrons. The number of ether oxygens (including phenoxy) is 3. The zero-order chi connectivity index (χ0) is 51.1. The number of rotatable bonds is 34. The summed E-state index contributed by atoms with van der Waals surface area (Å²) < 4.78 is 17.9. The number of benzene rings is 3. The average Bonchev–Trinajstić information content (AvgIpc) is 3.52. The molecule has 0 spiro atoms. The molecule has 4 rings (SSSR count). The second-order valence-corrected chi connectivity index (χ2v) is 18.5. The Labute approximate surface area is 420 Å². The highest BCUT2D eigenvalue weighted by atomic mass is 16.5. The minimum absolute atomic E-state index is 0.0214. The second-order valence-electron chi connectivity index (χ2n) is 18.5. The maximum absolute atomic E-state index is 13.7. The summed E-state index contributed by atoms with van der Waals surface area (Å²) in [4.78, 5) is 79.0. The molecule has 16 nitrogen and oxygen atoms in total. The molecule has 0 saturated carbocycles. The van der Waals surface area contributed by atoms with Crippen LogP contribution in [-0.4, -0.2) is 93.9 Å². The molecule has 3 aromatic rings. The number of hydrogen-bond acceptors (Lipinski definition) is 11. The van der Waals surface area contributed by atoms with Crippen LogP contribution >= 0.6 is 0 Å². The van der Waals surface area contributed by atoms with E-state index >= 15 is 0 Å². The fraction of sp³-hybridized carbons (Fsp3) is 0.564. The summed E-state index contributed by atoms with van der Waals surface area (Å²) in [5, 5.41) is 29.7. The number of amides is 5. The lowest BCUT2D eigenvalue weighted by atomic mass is 10.0. The monoisotopic (exact) mass is 986 g/mol. The van der Waals surface area contributed by atoms with E-state index in [0.717, 1.165) is 30.4 Å². The Kier molecular flexibility index (Phi) is 27.2. The normalized spacial score (nSPS) is 14.4. The molecular weight excluding hydrogens is 907 g/mol. The van der Waals surface area contributed by atoms with Crippen molar-refractivity contribution in [3.8, 4) is 11.5 Å². The second kappa shape index (κ2) is 33.6. The van der Waals surface area contributed by atoms with Crippen molar-refractivity contribution in [3.63, 3.8) is 0 Å². The van der Waals surface area contributed by atoms with Gasteiger partial charge in [-0.25, -0.2) is 14.9 Å². The van der Waals surface area contributed by atoms with Crippen LogP contribution in [0.3, 0.4) is 0 Å². The zero-order valence-corrected chi connectivity index (χ0v) is 42.1. The zero-order valence-electron chi connectivity index (χ0n) is 42.1. The maximum Gasteiger partial charge on any atom is 0.328 e. The van der Waals surface area contributed by atoms with Crippen molar-refractivity contribution in [2.45, 2.75) is 180 Å². The van der Waals surface area contributed by atoms with Crippen molar-refractivity contribution >= 4 is 35.5 Å². The minimum atomic E-state index is -1.22. The van der Waals surface area contributed by atoms with Gasteiger partial charge >= 0.3 is 5.97 Å². The van der Waals surface area contributed by atoms with Gasteiger partial charge in [0.15, 0.2) is 11.5 Å². The predicted octanol–water partition coefficient (Wildman–Crippen LogP) is 9.14. The summed E-state index contributed by atoms with van der Waals surface area (Å²) in [5.41, 5.74) is 1.89. The van der Waals surface area contributed by atoms with Crippen molar-refractivity contribution in [1.29, 1.82) is 0 Å². The molecular formula is C55H79N5O11. The Morgan fingerprint density at radius 3 is 1.97 bits per heavy atom. The van der Waals surface area contributed by atoms with Gasteiger partial charge in [0.25, 0.3) is 11.8 Å². The SMILES string of the molecule is CCCCCCCCCCCCCCCC(=O)N(O)CCCC[C@H](NC(=O)CNC(=O)c1cccc(OCc2ccccc2)c1OCc1ccccc1)C(=O)O[C@@H](C)CC(=O)N[C@H]1CCCCN(O)C1=O. The smallest absolute Gasteiger partial charge is 0.328 e. The van der Waals surface area contributed by atoms with Gasteiger partial charge in [-0.05, 0) is 75.1 Å². The molecule has 0 aliphatic carbocycles. The lowest BCUT2D eigenvalue weighted by Gasteiger charge is -2.22. The Hall–Kier alpha value is -6.00. The largest absolute Gasteiger partial charge is 0.485 e. The molecule has 1 heterocycles. The highest BCUT2D eigenvalue weighted by Crippen LogP contribution is 2.33. The summed E-state index contributed by atoms with van der Waals surface area (Å²) in [6.07, 6.45) is 16.6. The molecule has 1 fully saturated rings. The molecule has 0 radical (unpaired) electrons. The van der Waals surface area contributed by atoms with Crippen molar-refractivity contribution in [3.05, 3.63) is 95.6 Å². The van der Waals surface area contributed by atoms with Gasteiger partial charge in [0.05, 0.1) is 18.5 Å². The van der Waals surface area contributed by atoms with E-state index in [4.69, 9.17) is 14.2 Å². The average molecular weight is 986 g/mol. The quantitative estimate of drug-likeness (QED) is 0.0165. The first kappa shape index (κ1) is 57.6. The van der Waals surface area contributed by atoms with Crippen molar-refractivity contribution in [1.82, 2.24) is 26.1 Å². The number of esters is 1. The third-order valence-corrected chi connectivity index (χ3v) is 12.4. The first-order valence-electron chi connectivity index (χ1n) is 26.0. The summed E-state index contributed by atoms with van der Waals surface area (Å²) in [6.45, 7) is 3.76. The summed E-state index contributed by atoms with van der Waals surface area (Å²) in [5.74, 6) is -3.21. The number of para-hydroxylation sites is 1. The van der Waals surface area contributed by atoms with Gasteiger partial charge < -0.3 is 30.2 Å². The summed E-state index contributed by atoms with van der Waals surface area (Å²) in [7, 11) is 0. The fourth-order valence-corrected chi connectivity index (χ4v) is 8.32. The van der Waals surface area contributed by atoms with Gasteiger partial charge in [0.1, 0.15) is 31.4 Å². The van der Waals surface area contributed by atoms with Crippen LogP contribution in [0.2, 0.25) is 0 Å². The molecule has 1 aliphatic rings. The van der Waals surface area contributed by atoms with Gasteiger partial charge in [-0.2, -0.15) is 0 Å². The summed E-state index contributed by atoms with van der Waals surface area (Å²) in [6, 6.07) is 21.7. The number of carbonyl (C=O) groups is 6. The van der Waals surface area contributed by atoms with Gasteiger partial charge in [-0.3, -0.25) is 34.4 Å². The molecule has 71 heavy (non-hydrogen) atoms. The van der Waals surface area contributed by atoms with Crippen molar-refractivity contribution in [2.75, 3.05) is 19.6 Å². The predicted molar refractivity (Wildman–Crippen MR) is 269 cm³/mol. The third-order valence-electron chi connectivity index (χ3n) is 12.4.